The van der Waals surface area contributed by atoms with Crippen LogP contribution in [0.2, 0.25) is 0 Å². The number of carbonyl (C=O) groups is 1. The standard InChI is InChI=1S/C17H20N4O2/c1-11-5-4-6-18-15(11)17(22)21-7-8-23-14(10-21)16-19-12(2)9-13(3)20-16/h4-6,9,14H,7-8,10H2,1-3H3. The molecule has 0 aliphatic carbocycles. The SMILES string of the molecule is Cc1cc(C)nc(C2CN(C(=O)c3ncccc3C)CCO2)n1. The van der Waals surface area contributed by atoms with Gasteiger partial charge in [0.1, 0.15) is 11.8 Å². The van der Waals surface area contributed by atoms with Gasteiger partial charge in [0.2, 0.25) is 0 Å². The molecule has 0 aromatic carbocycles. The van der Waals surface area contributed by atoms with Crippen molar-refractivity contribution in [1.29, 1.82) is 0 Å². The molecule has 3 rings (SSSR count). The Bertz CT molecular complexity index is 712. The fourth-order valence-electron chi connectivity index (χ4n) is 2.75. The molecular weight excluding hydrogens is 292 g/mol. The molecule has 0 radical (unpaired) electrons. The Kier molecular flexibility index (Phi) is 4.34. The average molecular weight is 312 g/mol. The van der Waals surface area contributed by atoms with Crippen molar-refractivity contribution in [3.8, 4) is 0 Å². The molecule has 2 aromatic rings. The van der Waals surface area contributed by atoms with E-state index < -0.39 is 0 Å². The summed E-state index contributed by atoms with van der Waals surface area (Å²) < 4.78 is 5.78. The maximum atomic E-state index is 12.7. The summed E-state index contributed by atoms with van der Waals surface area (Å²) in [6.45, 7) is 7.22. The molecule has 3 heterocycles. The smallest absolute Gasteiger partial charge is 0.272 e. The first-order valence-electron chi connectivity index (χ1n) is 7.69. The van der Waals surface area contributed by atoms with Crippen LogP contribution in [0.5, 0.6) is 0 Å². The van der Waals surface area contributed by atoms with Crippen LogP contribution in [0, 0.1) is 20.8 Å². The molecule has 6 heteroatoms. The van der Waals surface area contributed by atoms with E-state index in [1.54, 1.807) is 11.1 Å². The lowest BCUT2D eigenvalue weighted by molar-refractivity contribution is -0.0271. The summed E-state index contributed by atoms with van der Waals surface area (Å²) in [5, 5.41) is 0. The molecule has 23 heavy (non-hydrogen) atoms. The molecule has 1 unspecified atom stereocenters. The molecule has 0 saturated carbocycles. The lowest BCUT2D eigenvalue weighted by Gasteiger charge is -2.32. The van der Waals surface area contributed by atoms with E-state index in [4.69, 9.17) is 4.74 Å². The summed E-state index contributed by atoms with van der Waals surface area (Å²) in [6, 6.07) is 5.65. The fourth-order valence-corrected chi connectivity index (χ4v) is 2.75. The highest BCUT2D eigenvalue weighted by Crippen LogP contribution is 2.21. The lowest BCUT2D eigenvalue weighted by atomic mass is 10.1. The lowest BCUT2D eigenvalue weighted by Crippen LogP contribution is -2.43. The second-order valence-corrected chi connectivity index (χ2v) is 5.79. The third-order valence-electron chi connectivity index (χ3n) is 3.85. The van der Waals surface area contributed by atoms with Crippen molar-refractivity contribution >= 4 is 5.91 Å². The van der Waals surface area contributed by atoms with Crippen LogP contribution in [0.4, 0.5) is 0 Å². The van der Waals surface area contributed by atoms with Crippen molar-refractivity contribution < 1.29 is 9.53 Å². The zero-order valence-electron chi connectivity index (χ0n) is 13.6. The first kappa shape index (κ1) is 15.6. The van der Waals surface area contributed by atoms with Crippen LogP contribution < -0.4 is 0 Å². The number of ether oxygens (including phenoxy) is 1. The van der Waals surface area contributed by atoms with Gasteiger partial charge in [0, 0.05) is 24.1 Å². The van der Waals surface area contributed by atoms with Crippen LogP contribution in [0.15, 0.2) is 24.4 Å². The van der Waals surface area contributed by atoms with Crippen molar-refractivity contribution in [2.75, 3.05) is 19.7 Å². The molecule has 0 N–H and O–H groups in total. The number of hydrogen-bond donors (Lipinski definition) is 0. The van der Waals surface area contributed by atoms with Crippen LogP contribution in [0.25, 0.3) is 0 Å². The molecule has 1 saturated heterocycles. The summed E-state index contributed by atoms with van der Waals surface area (Å²) in [5.74, 6) is 0.568. The van der Waals surface area contributed by atoms with Crippen molar-refractivity contribution in [1.82, 2.24) is 19.9 Å². The molecule has 1 aliphatic heterocycles. The van der Waals surface area contributed by atoms with Gasteiger partial charge in [-0.05, 0) is 38.5 Å². The van der Waals surface area contributed by atoms with E-state index in [-0.39, 0.29) is 12.0 Å². The number of pyridine rings is 1. The molecule has 0 bridgehead atoms. The van der Waals surface area contributed by atoms with Gasteiger partial charge in [-0.15, -0.1) is 0 Å². The number of rotatable bonds is 2. The predicted octanol–water partition coefficient (Wildman–Crippen LogP) is 2.01. The van der Waals surface area contributed by atoms with Crippen molar-refractivity contribution in [3.63, 3.8) is 0 Å². The Morgan fingerprint density at radius 1 is 1.26 bits per heavy atom. The van der Waals surface area contributed by atoms with Crippen LogP contribution >= 0.6 is 0 Å². The van der Waals surface area contributed by atoms with E-state index in [0.29, 0.717) is 31.2 Å². The van der Waals surface area contributed by atoms with Gasteiger partial charge in [0.25, 0.3) is 5.91 Å². The van der Waals surface area contributed by atoms with Gasteiger partial charge in [-0.3, -0.25) is 9.78 Å². The normalized spacial score (nSPS) is 18.0. The van der Waals surface area contributed by atoms with Gasteiger partial charge in [-0.1, -0.05) is 6.07 Å². The molecule has 1 atom stereocenters. The van der Waals surface area contributed by atoms with E-state index in [9.17, 15) is 4.79 Å². The summed E-state index contributed by atoms with van der Waals surface area (Å²) in [4.78, 5) is 27.6. The molecule has 0 spiro atoms. The highest BCUT2D eigenvalue weighted by atomic mass is 16.5. The zero-order chi connectivity index (χ0) is 16.4. The molecule has 2 aromatic heterocycles. The maximum absolute atomic E-state index is 12.7. The highest BCUT2D eigenvalue weighted by molar-refractivity contribution is 5.93. The van der Waals surface area contributed by atoms with Gasteiger partial charge < -0.3 is 9.64 Å². The summed E-state index contributed by atoms with van der Waals surface area (Å²) in [7, 11) is 0. The summed E-state index contributed by atoms with van der Waals surface area (Å²) in [6.07, 6.45) is 1.35. The van der Waals surface area contributed by atoms with E-state index in [1.807, 2.05) is 39.0 Å². The second-order valence-electron chi connectivity index (χ2n) is 5.79. The Hall–Kier alpha value is -2.34. The van der Waals surface area contributed by atoms with Crippen molar-refractivity contribution in [2.24, 2.45) is 0 Å². The third-order valence-corrected chi connectivity index (χ3v) is 3.85. The molecular formula is C17H20N4O2. The van der Waals surface area contributed by atoms with Crippen LogP contribution in [0.3, 0.4) is 0 Å². The summed E-state index contributed by atoms with van der Waals surface area (Å²) in [5.41, 5.74) is 3.18. The Morgan fingerprint density at radius 2 is 2.00 bits per heavy atom. The van der Waals surface area contributed by atoms with Gasteiger partial charge >= 0.3 is 0 Å². The third kappa shape index (κ3) is 3.37. The topological polar surface area (TPSA) is 68.2 Å². The summed E-state index contributed by atoms with van der Waals surface area (Å²) >= 11 is 0. The van der Waals surface area contributed by atoms with Gasteiger partial charge in [-0.25, -0.2) is 9.97 Å². The predicted molar refractivity (Wildman–Crippen MR) is 85.1 cm³/mol. The number of amides is 1. The number of aromatic nitrogens is 3. The van der Waals surface area contributed by atoms with E-state index in [2.05, 4.69) is 15.0 Å². The Balaban J connectivity index is 1.81. The number of morpholine rings is 1. The first-order chi connectivity index (χ1) is 11.0. The van der Waals surface area contributed by atoms with Gasteiger partial charge in [0.15, 0.2) is 5.82 Å². The van der Waals surface area contributed by atoms with Crippen LogP contribution in [-0.4, -0.2) is 45.5 Å². The first-order valence-corrected chi connectivity index (χ1v) is 7.69. The molecule has 6 nitrogen and oxygen atoms in total. The van der Waals surface area contributed by atoms with Gasteiger partial charge in [-0.2, -0.15) is 0 Å². The highest BCUT2D eigenvalue weighted by Gasteiger charge is 2.29. The number of nitrogens with zero attached hydrogens (tertiary/aromatic N) is 4. The van der Waals surface area contributed by atoms with Gasteiger partial charge in [0.05, 0.1) is 13.2 Å². The Morgan fingerprint density at radius 3 is 2.70 bits per heavy atom. The molecule has 1 fully saturated rings. The van der Waals surface area contributed by atoms with E-state index in [1.165, 1.54) is 0 Å². The zero-order valence-corrected chi connectivity index (χ0v) is 13.6. The van der Waals surface area contributed by atoms with E-state index >= 15 is 0 Å². The fraction of sp³-hybridized carbons (Fsp3) is 0.412. The van der Waals surface area contributed by atoms with E-state index in [0.717, 1.165) is 17.0 Å². The van der Waals surface area contributed by atoms with Crippen LogP contribution in [-0.2, 0) is 4.74 Å². The average Bonchev–Trinajstić information content (AvgIpc) is 2.54. The number of carbonyl (C=O) groups excluding carboxylic acids is 1. The monoisotopic (exact) mass is 312 g/mol. The maximum Gasteiger partial charge on any atom is 0.272 e. The van der Waals surface area contributed by atoms with Crippen LogP contribution in [0.1, 0.15) is 39.4 Å². The second kappa shape index (κ2) is 6.42. The number of hydrogen-bond acceptors (Lipinski definition) is 5. The van der Waals surface area contributed by atoms with Crippen molar-refractivity contribution in [2.45, 2.75) is 26.9 Å². The largest absolute Gasteiger partial charge is 0.367 e. The minimum absolute atomic E-state index is 0.0687. The molecule has 120 valence electrons. The number of aryl methyl sites for hydroxylation is 3. The minimum Gasteiger partial charge on any atom is -0.367 e. The molecule has 1 amide bonds. The quantitative estimate of drug-likeness (QED) is 0.848. The van der Waals surface area contributed by atoms with Crippen molar-refractivity contribution in [3.05, 3.63) is 52.9 Å². The Labute approximate surface area is 135 Å². The molecule has 1 aliphatic rings. The minimum atomic E-state index is -0.296.